The average Bonchev–Trinajstić information content (AvgIpc) is 2.55. The summed E-state index contributed by atoms with van der Waals surface area (Å²) < 4.78 is 8.17. The first kappa shape index (κ1) is 22.5. The molecule has 144 valence electrons. The van der Waals surface area contributed by atoms with Crippen molar-refractivity contribution in [3.63, 3.8) is 0 Å². The minimum atomic E-state index is -0.831. The molecule has 1 saturated carbocycles. The summed E-state index contributed by atoms with van der Waals surface area (Å²) in [6.07, 6.45) is 4.34. The highest BCUT2D eigenvalue weighted by Crippen LogP contribution is 2.48. The van der Waals surface area contributed by atoms with Gasteiger partial charge in [-0.1, -0.05) is 55.4 Å². The smallest absolute Gasteiger partial charge is 0.310 e. The maximum Gasteiger partial charge on any atom is 0.310 e. The van der Waals surface area contributed by atoms with Gasteiger partial charge in [0.2, 0.25) is 0 Å². The normalized spacial score (nSPS) is 17.2. The number of benzene rings is 1. The van der Waals surface area contributed by atoms with E-state index >= 15 is 0 Å². The molecular weight excluding hydrogens is 347 g/mol. The van der Waals surface area contributed by atoms with Gasteiger partial charge in [-0.15, -0.1) is 0 Å². The predicted octanol–water partition coefficient (Wildman–Crippen LogP) is 5.31. The van der Waals surface area contributed by atoms with Crippen LogP contribution in [0.3, 0.4) is 0 Å². The Morgan fingerprint density at radius 1 is 1.00 bits per heavy atom. The first-order valence-electron chi connectivity index (χ1n) is 9.29. The molecule has 0 radical (unpaired) electrons. The van der Waals surface area contributed by atoms with Gasteiger partial charge in [-0.25, -0.2) is 0 Å². The molecule has 1 aliphatic rings. The van der Waals surface area contributed by atoms with Crippen LogP contribution in [0.2, 0.25) is 0 Å². The topological polar surface area (TPSA) is 71.4 Å². The third-order valence-corrected chi connectivity index (χ3v) is 5.63. The van der Waals surface area contributed by atoms with Gasteiger partial charge in [0.15, 0.2) is 5.78 Å². The van der Waals surface area contributed by atoms with Crippen LogP contribution in [-0.2, 0) is 9.36 Å². The Morgan fingerprint density at radius 2 is 1.46 bits per heavy atom. The molecular formula is C21H32O4P+. The summed E-state index contributed by atoms with van der Waals surface area (Å²) >= 11 is 0. The van der Waals surface area contributed by atoms with Crippen molar-refractivity contribution in [2.45, 2.75) is 66.7 Å². The molecule has 1 N–H and O–H groups in total. The minimum absolute atomic E-state index is 0.0540. The Bertz CT molecular complexity index is 637. The lowest BCUT2D eigenvalue weighted by Gasteiger charge is -2.42. The van der Waals surface area contributed by atoms with Gasteiger partial charge >= 0.3 is 15.1 Å². The zero-order valence-electron chi connectivity index (χ0n) is 16.6. The van der Waals surface area contributed by atoms with Gasteiger partial charge in [0, 0.05) is 11.0 Å². The molecule has 26 heavy (non-hydrogen) atoms. The van der Waals surface area contributed by atoms with Gasteiger partial charge in [0.05, 0.1) is 5.92 Å². The van der Waals surface area contributed by atoms with E-state index in [-0.39, 0.29) is 11.7 Å². The fourth-order valence-electron chi connectivity index (χ4n) is 4.81. The Kier molecular flexibility index (Phi) is 8.15. The second kappa shape index (κ2) is 9.41. The van der Waals surface area contributed by atoms with Crippen molar-refractivity contribution in [1.82, 2.24) is 0 Å². The molecule has 2 unspecified atom stereocenters. The number of hydrogen-bond donors (Lipinski definition) is 1. The standard InChI is InChI=1S/C21H30O3.H2OP/c1-13(2)18(20(23)24)21(9-7-6-8-10-21)19(22)17-15(4)11-14(3)12-16(17)5;1-2/h11-13,18H,6-10H2,1-5H3,(H,23,24);2H2/q;+1. The molecule has 1 aromatic rings. The second-order valence-electron chi connectivity index (χ2n) is 7.88. The number of aryl methyl sites for hydroxylation is 3. The fraction of sp³-hybridized carbons (Fsp3) is 0.619. The Balaban J connectivity index is 0.00000163. The van der Waals surface area contributed by atoms with E-state index in [4.69, 9.17) is 4.57 Å². The molecule has 5 heteroatoms. The molecule has 0 bridgehead atoms. The maximum atomic E-state index is 13.7. The average molecular weight is 379 g/mol. The first-order chi connectivity index (χ1) is 12.2. The zero-order chi connectivity index (χ0) is 20.1. The van der Waals surface area contributed by atoms with Gasteiger partial charge in [-0.3, -0.25) is 9.59 Å². The van der Waals surface area contributed by atoms with E-state index in [9.17, 15) is 14.7 Å². The highest BCUT2D eigenvalue weighted by atomic mass is 31.0. The van der Waals surface area contributed by atoms with E-state index in [1.807, 2.05) is 46.8 Å². The minimum Gasteiger partial charge on any atom is -0.481 e. The third-order valence-electron chi connectivity index (χ3n) is 5.63. The van der Waals surface area contributed by atoms with Crippen LogP contribution in [0.5, 0.6) is 0 Å². The molecule has 0 saturated heterocycles. The summed E-state index contributed by atoms with van der Waals surface area (Å²) in [6.45, 7) is 9.82. The van der Waals surface area contributed by atoms with Crippen molar-refractivity contribution in [3.05, 3.63) is 34.4 Å². The van der Waals surface area contributed by atoms with E-state index < -0.39 is 17.3 Å². The molecule has 2 atom stereocenters. The van der Waals surface area contributed by atoms with Crippen LogP contribution in [0.15, 0.2) is 12.1 Å². The molecule has 0 amide bonds. The molecule has 0 aliphatic heterocycles. The summed E-state index contributed by atoms with van der Waals surface area (Å²) in [5.41, 5.74) is 3.06. The summed E-state index contributed by atoms with van der Waals surface area (Å²) in [6, 6.07) is 4.06. The van der Waals surface area contributed by atoms with Gasteiger partial charge < -0.3 is 5.11 Å². The summed E-state index contributed by atoms with van der Waals surface area (Å²) in [5, 5.41) is 9.89. The maximum absolute atomic E-state index is 13.7. The molecule has 1 fully saturated rings. The van der Waals surface area contributed by atoms with E-state index in [1.165, 1.54) is 9.12 Å². The van der Waals surface area contributed by atoms with Crippen molar-refractivity contribution >= 4 is 20.9 Å². The van der Waals surface area contributed by atoms with Crippen molar-refractivity contribution in [1.29, 1.82) is 0 Å². The number of carbonyl (C=O) groups excluding carboxylic acids is 1. The number of Topliss-reactive ketones (excluding diaryl/α,β-unsaturated/α-hetero) is 1. The summed E-state index contributed by atoms with van der Waals surface area (Å²) in [7, 11) is 1.17. The highest BCUT2D eigenvalue weighted by molar-refractivity contribution is 7.00. The number of carboxylic acid groups (broad SMARTS) is 1. The van der Waals surface area contributed by atoms with Gasteiger partial charge in [-0.05, 0) is 50.7 Å². The number of carboxylic acids is 1. The van der Waals surface area contributed by atoms with Crippen LogP contribution in [0.4, 0.5) is 0 Å². The molecule has 4 nitrogen and oxygen atoms in total. The lowest BCUT2D eigenvalue weighted by atomic mass is 9.58. The number of rotatable bonds is 5. The summed E-state index contributed by atoms with van der Waals surface area (Å²) in [5.74, 6) is -1.46. The van der Waals surface area contributed by atoms with E-state index in [1.54, 1.807) is 0 Å². The second-order valence-corrected chi connectivity index (χ2v) is 7.88. The molecule has 0 aromatic heterocycles. The quantitative estimate of drug-likeness (QED) is 0.556. The SMILES string of the molecule is Cc1cc(C)c(C(=O)C2(C(C(=O)O)C(C)C)CCCCC2)c(C)c1.O=[PH2+]. The number of carbonyl (C=O) groups is 2. The van der Waals surface area contributed by atoms with Crippen LogP contribution in [0.25, 0.3) is 0 Å². The predicted molar refractivity (Wildman–Crippen MR) is 107 cm³/mol. The lowest BCUT2D eigenvalue weighted by Crippen LogP contribution is -2.47. The van der Waals surface area contributed by atoms with Gasteiger partial charge in [0.25, 0.3) is 0 Å². The van der Waals surface area contributed by atoms with Gasteiger partial charge in [-0.2, -0.15) is 0 Å². The van der Waals surface area contributed by atoms with Crippen LogP contribution in [0.1, 0.15) is 73.0 Å². The van der Waals surface area contributed by atoms with Crippen molar-refractivity contribution < 1.29 is 19.3 Å². The number of aliphatic carboxylic acids is 1. The van der Waals surface area contributed by atoms with Crippen molar-refractivity contribution in [3.8, 4) is 0 Å². The fourth-order valence-corrected chi connectivity index (χ4v) is 4.81. The van der Waals surface area contributed by atoms with E-state index in [2.05, 4.69) is 0 Å². The summed E-state index contributed by atoms with van der Waals surface area (Å²) in [4.78, 5) is 25.7. The van der Waals surface area contributed by atoms with Crippen LogP contribution >= 0.6 is 9.12 Å². The molecule has 1 aliphatic carbocycles. The zero-order valence-corrected chi connectivity index (χ0v) is 17.7. The number of hydrogen-bond acceptors (Lipinski definition) is 3. The molecule has 0 heterocycles. The van der Waals surface area contributed by atoms with Gasteiger partial charge in [0.1, 0.15) is 0 Å². The Labute approximate surface area is 159 Å². The highest BCUT2D eigenvalue weighted by Gasteiger charge is 2.51. The monoisotopic (exact) mass is 379 g/mol. The number of ketones is 1. The molecule has 0 spiro atoms. The van der Waals surface area contributed by atoms with E-state index in [0.29, 0.717) is 12.8 Å². The largest absolute Gasteiger partial charge is 0.481 e. The third kappa shape index (κ3) is 4.40. The van der Waals surface area contributed by atoms with E-state index in [0.717, 1.165) is 41.5 Å². The van der Waals surface area contributed by atoms with Crippen molar-refractivity contribution in [2.75, 3.05) is 0 Å². The Morgan fingerprint density at radius 3 is 1.85 bits per heavy atom. The van der Waals surface area contributed by atoms with Crippen LogP contribution < -0.4 is 0 Å². The van der Waals surface area contributed by atoms with Crippen molar-refractivity contribution in [2.24, 2.45) is 17.3 Å². The first-order valence-corrected chi connectivity index (χ1v) is 9.77. The molecule has 2 rings (SSSR count). The molecule has 1 aromatic carbocycles. The lowest BCUT2D eigenvalue weighted by molar-refractivity contribution is -0.148. The van der Waals surface area contributed by atoms with Crippen LogP contribution in [-0.4, -0.2) is 16.9 Å². The Hall–Kier alpha value is -1.54. The van der Waals surface area contributed by atoms with Crippen LogP contribution in [0, 0.1) is 38.0 Å².